The van der Waals surface area contributed by atoms with Crippen LogP contribution in [-0.2, 0) is 14.3 Å². The fraction of sp³-hybridized carbons (Fsp3) is 0.400. The third-order valence-electron chi connectivity index (χ3n) is 4.35. The maximum atomic E-state index is 12.5. The number of aliphatic carboxylic acids is 1. The van der Waals surface area contributed by atoms with E-state index in [1.54, 1.807) is 11.4 Å². The molecule has 0 unspecified atom stereocenters. The maximum Gasteiger partial charge on any atom is 0.340 e. The summed E-state index contributed by atoms with van der Waals surface area (Å²) in [6.45, 7) is 0. The molecule has 22 heavy (non-hydrogen) atoms. The topological polar surface area (TPSA) is 92.7 Å². The summed E-state index contributed by atoms with van der Waals surface area (Å²) >= 11 is 1.21. The van der Waals surface area contributed by atoms with E-state index in [2.05, 4.69) is 10.1 Å². The van der Waals surface area contributed by atoms with Crippen molar-refractivity contribution in [3.05, 3.63) is 29.2 Å². The standard InChI is InChI=1S/C15H15NO5S/c1-21-15(20)9-4-5-22-13(9)16-12(17)10-7-2-3-8(6-7)11(10)14(18)19/h2-5,7-8,10-11H,6H2,1H3,(H,16,17)(H,18,19)/t7-,8-,10+,11-/m0/s1. The molecule has 2 aliphatic carbocycles. The molecule has 6 nitrogen and oxygen atoms in total. The van der Waals surface area contributed by atoms with Crippen molar-refractivity contribution >= 4 is 34.2 Å². The molecule has 0 aliphatic heterocycles. The molecule has 2 aliphatic rings. The van der Waals surface area contributed by atoms with Gasteiger partial charge in [-0.05, 0) is 29.7 Å². The number of rotatable bonds is 4. The number of allylic oxidation sites excluding steroid dienone is 2. The van der Waals surface area contributed by atoms with E-state index < -0.39 is 23.8 Å². The first-order valence-corrected chi connectivity index (χ1v) is 7.78. The normalized spacial score (nSPS) is 28.6. The molecular formula is C15H15NO5S. The Morgan fingerprint density at radius 3 is 2.59 bits per heavy atom. The summed E-state index contributed by atoms with van der Waals surface area (Å²) in [5, 5.41) is 14.1. The van der Waals surface area contributed by atoms with Crippen molar-refractivity contribution < 1.29 is 24.2 Å². The fourth-order valence-corrected chi connectivity index (χ4v) is 4.17. The maximum absolute atomic E-state index is 12.5. The molecule has 0 aromatic carbocycles. The molecule has 0 radical (unpaired) electrons. The van der Waals surface area contributed by atoms with Crippen LogP contribution >= 0.6 is 11.3 Å². The minimum Gasteiger partial charge on any atom is -0.481 e. The Morgan fingerprint density at radius 1 is 1.27 bits per heavy atom. The van der Waals surface area contributed by atoms with Gasteiger partial charge in [-0.2, -0.15) is 0 Å². The Kier molecular flexibility index (Phi) is 3.74. The summed E-state index contributed by atoms with van der Waals surface area (Å²) in [5.41, 5.74) is 0.284. The highest BCUT2D eigenvalue weighted by Crippen LogP contribution is 2.48. The van der Waals surface area contributed by atoms with Crippen LogP contribution in [0.4, 0.5) is 5.00 Å². The van der Waals surface area contributed by atoms with Crippen LogP contribution in [0.15, 0.2) is 23.6 Å². The molecule has 1 heterocycles. The number of hydrogen-bond acceptors (Lipinski definition) is 5. The zero-order valence-electron chi connectivity index (χ0n) is 11.8. The monoisotopic (exact) mass is 321 g/mol. The summed E-state index contributed by atoms with van der Waals surface area (Å²) in [7, 11) is 1.27. The number of carbonyl (C=O) groups is 3. The molecule has 4 atom stereocenters. The SMILES string of the molecule is COC(=O)c1ccsc1NC(=O)[C@H]1[C@@H](C(=O)O)[C@H]2C=C[C@H]1C2. The fourth-order valence-electron chi connectivity index (χ4n) is 3.39. The second-order valence-corrected chi connectivity index (χ2v) is 6.40. The van der Waals surface area contributed by atoms with Crippen LogP contribution in [0.1, 0.15) is 16.8 Å². The molecule has 7 heteroatoms. The van der Waals surface area contributed by atoms with Crippen LogP contribution in [0, 0.1) is 23.7 Å². The van der Waals surface area contributed by atoms with E-state index in [0.717, 1.165) is 0 Å². The number of nitrogens with one attached hydrogen (secondary N) is 1. The molecule has 0 spiro atoms. The largest absolute Gasteiger partial charge is 0.481 e. The highest BCUT2D eigenvalue weighted by atomic mass is 32.1. The second-order valence-electron chi connectivity index (χ2n) is 5.48. The second kappa shape index (κ2) is 5.57. The van der Waals surface area contributed by atoms with E-state index in [9.17, 15) is 19.5 Å². The average Bonchev–Trinajstić information content (AvgIpc) is 3.20. The first-order chi connectivity index (χ1) is 10.5. The molecule has 2 bridgehead atoms. The number of carboxylic acids is 1. The Bertz CT molecular complexity index is 665. The zero-order chi connectivity index (χ0) is 15.9. The van der Waals surface area contributed by atoms with Gasteiger partial charge < -0.3 is 15.2 Å². The minimum absolute atomic E-state index is 0.0485. The molecule has 1 aromatic rings. The van der Waals surface area contributed by atoms with Crippen molar-refractivity contribution in [2.24, 2.45) is 23.7 Å². The van der Waals surface area contributed by atoms with Gasteiger partial charge in [0.15, 0.2) is 0 Å². The van der Waals surface area contributed by atoms with E-state index in [1.165, 1.54) is 18.4 Å². The molecule has 116 valence electrons. The van der Waals surface area contributed by atoms with Gasteiger partial charge in [-0.25, -0.2) is 4.79 Å². The van der Waals surface area contributed by atoms with Crippen molar-refractivity contribution in [3.63, 3.8) is 0 Å². The highest BCUT2D eigenvalue weighted by Gasteiger charge is 2.51. The Labute approximate surface area is 130 Å². The van der Waals surface area contributed by atoms with E-state index >= 15 is 0 Å². The van der Waals surface area contributed by atoms with Crippen molar-refractivity contribution in [1.29, 1.82) is 0 Å². The van der Waals surface area contributed by atoms with Gasteiger partial charge in [0.25, 0.3) is 0 Å². The predicted molar refractivity (Wildman–Crippen MR) is 79.6 cm³/mol. The quantitative estimate of drug-likeness (QED) is 0.653. The number of esters is 1. The third-order valence-corrected chi connectivity index (χ3v) is 5.18. The smallest absolute Gasteiger partial charge is 0.340 e. The number of fused-ring (bicyclic) bond motifs is 2. The van der Waals surface area contributed by atoms with Gasteiger partial charge in [0.1, 0.15) is 5.00 Å². The molecule has 3 rings (SSSR count). The summed E-state index contributed by atoms with van der Waals surface area (Å²) in [6, 6.07) is 1.57. The zero-order valence-corrected chi connectivity index (χ0v) is 12.6. The van der Waals surface area contributed by atoms with E-state index in [4.69, 9.17) is 0 Å². The predicted octanol–water partition coefficient (Wildman–Crippen LogP) is 2.00. The molecule has 1 saturated carbocycles. The Morgan fingerprint density at radius 2 is 1.95 bits per heavy atom. The lowest BCUT2D eigenvalue weighted by Crippen LogP contribution is -2.36. The number of methoxy groups -OCH3 is 1. The van der Waals surface area contributed by atoms with Crippen LogP contribution in [0.2, 0.25) is 0 Å². The summed E-state index contributed by atoms with van der Waals surface area (Å²) in [4.78, 5) is 35.6. The molecular weight excluding hydrogens is 306 g/mol. The van der Waals surface area contributed by atoms with Crippen LogP contribution in [0.25, 0.3) is 0 Å². The van der Waals surface area contributed by atoms with E-state index in [0.29, 0.717) is 11.4 Å². The molecule has 2 N–H and O–H groups in total. The van der Waals surface area contributed by atoms with Gasteiger partial charge in [-0.1, -0.05) is 12.2 Å². The number of thiophene rings is 1. The third kappa shape index (κ3) is 2.31. The minimum atomic E-state index is -0.948. The van der Waals surface area contributed by atoms with Gasteiger partial charge in [0.2, 0.25) is 5.91 Å². The van der Waals surface area contributed by atoms with Gasteiger partial charge >= 0.3 is 11.9 Å². The average molecular weight is 321 g/mol. The van der Waals surface area contributed by atoms with Crippen molar-refractivity contribution in [1.82, 2.24) is 0 Å². The first kappa shape index (κ1) is 14.8. The summed E-state index contributed by atoms with van der Waals surface area (Å²) in [5.74, 6) is -3.25. The van der Waals surface area contributed by atoms with Gasteiger partial charge in [0.05, 0.1) is 24.5 Å². The van der Waals surface area contributed by atoms with Crippen molar-refractivity contribution in [2.45, 2.75) is 6.42 Å². The molecule has 0 saturated heterocycles. The number of ether oxygens (including phenoxy) is 1. The van der Waals surface area contributed by atoms with Crippen LogP contribution in [0.3, 0.4) is 0 Å². The van der Waals surface area contributed by atoms with Crippen molar-refractivity contribution in [3.8, 4) is 0 Å². The molecule has 1 aromatic heterocycles. The van der Waals surface area contributed by atoms with Crippen LogP contribution in [0.5, 0.6) is 0 Å². The van der Waals surface area contributed by atoms with Crippen molar-refractivity contribution in [2.75, 3.05) is 12.4 Å². The van der Waals surface area contributed by atoms with Gasteiger partial charge in [-0.15, -0.1) is 11.3 Å². The van der Waals surface area contributed by atoms with Gasteiger partial charge in [-0.3, -0.25) is 9.59 Å². The molecule has 1 amide bonds. The lowest BCUT2D eigenvalue weighted by atomic mass is 9.82. The number of hydrogen-bond donors (Lipinski definition) is 2. The lowest BCUT2D eigenvalue weighted by Gasteiger charge is -2.23. The van der Waals surface area contributed by atoms with Gasteiger partial charge in [0, 0.05) is 0 Å². The number of carboxylic acid groups (broad SMARTS) is 1. The Hall–Kier alpha value is -2.15. The summed E-state index contributed by atoms with van der Waals surface area (Å²) in [6.07, 6.45) is 4.51. The number of anilines is 1. The first-order valence-electron chi connectivity index (χ1n) is 6.90. The summed E-state index contributed by atoms with van der Waals surface area (Å²) < 4.78 is 4.66. The van der Waals surface area contributed by atoms with Crippen LogP contribution < -0.4 is 5.32 Å². The lowest BCUT2D eigenvalue weighted by molar-refractivity contribution is -0.146. The van der Waals surface area contributed by atoms with E-state index in [1.807, 2.05) is 12.2 Å². The number of amides is 1. The highest BCUT2D eigenvalue weighted by molar-refractivity contribution is 7.14. The van der Waals surface area contributed by atoms with Crippen LogP contribution in [-0.4, -0.2) is 30.1 Å². The van der Waals surface area contributed by atoms with E-state index in [-0.39, 0.29) is 23.3 Å². The number of carbonyl (C=O) groups excluding carboxylic acids is 2. The molecule has 1 fully saturated rings. The Balaban J connectivity index is 1.80.